The lowest BCUT2D eigenvalue weighted by molar-refractivity contribution is -0.130. The molecule has 0 radical (unpaired) electrons. The molecule has 4 heteroatoms. The third-order valence-electron chi connectivity index (χ3n) is 2.46. The van der Waals surface area contributed by atoms with Gasteiger partial charge in [-0.25, -0.2) is 0 Å². The second kappa shape index (κ2) is 6.33. The van der Waals surface area contributed by atoms with Gasteiger partial charge in [0.15, 0.2) is 0 Å². The quantitative estimate of drug-likeness (QED) is 0.748. The van der Waals surface area contributed by atoms with E-state index in [4.69, 9.17) is 10.2 Å². The number of aryl methyl sites for hydroxylation is 1. The van der Waals surface area contributed by atoms with Gasteiger partial charge in [0.05, 0.1) is 6.54 Å². The zero-order valence-electron chi connectivity index (χ0n) is 10.0. The van der Waals surface area contributed by atoms with Crippen molar-refractivity contribution in [2.45, 2.75) is 32.7 Å². The lowest BCUT2D eigenvalue weighted by Crippen LogP contribution is -2.25. The van der Waals surface area contributed by atoms with Crippen molar-refractivity contribution < 1.29 is 9.21 Å². The first-order valence-corrected chi connectivity index (χ1v) is 5.63. The second-order valence-corrected chi connectivity index (χ2v) is 4.01. The number of furan rings is 1. The first-order valence-electron chi connectivity index (χ1n) is 5.63. The third kappa shape index (κ3) is 4.06. The summed E-state index contributed by atoms with van der Waals surface area (Å²) in [6.07, 6.45) is 2.32. The Kier molecular flexibility index (Phi) is 5.05. The number of rotatable bonds is 6. The van der Waals surface area contributed by atoms with E-state index in [0.29, 0.717) is 19.5 Å². The Morgan fingerprint density at radius 1 is 1.44 bits per heavy atom. The minimum absolute atomic E-state index is 0.141. The molecule has 0 unspecified atom stereocenters. The fourth-order valence-corrected chi connectivity index (χ4v) is 1.50. The zero-order chi connectivity index (χ0) is 12.0. The summed E-state index contributed by atoms with van der Waals surface area (Å²) in [5.74, 6) is 1.84. The lowest BCUT2D eigenvalue weighted by atomic mass is 10.2. The normalized spacial score (nSPS) is 10.4. The monoisotopic (exact) mass is 224 g/mol. The van der Waals surface area contributed by atoms with Crippen molar-refractivity contribution in [3.05, 3.63) is 23.7 Å². The van der Waals surface area contributed by atoms with E-state index in [1.807, 2.05) is 19.1 Å². The van der Waals surface area contributed by atoms with E-state index < -0.39 is 0 Å². The molecule has 16 heavy (non-hydrogen) atoms. The Labute approximate surface area is 96.4 Å². The fraction of sp³-hybridized carbons (Fsp3) is 0.583. The molecule has 1 rings (SSSR count). The average molecular weight is 224 g/mol. The topological polar surface area (TPSA) is 59.5 Å². The minimum Gasteiger partial charge on any atom is -0.464 e. The van der Waals surface area contributed by atoms with Gasteiger partial charge in [0.2, 0.25) is 5.91 Å². The van der Waals surface area contributed by atoms with E-state index in [1.165, 1.54) is 0 Å². The molecule has 0 saturated carbocycles. The third-order valence-corrected chi connectivity index (χ3v) is 2.46. The zero-order valence-corrected chi connectivity index (χ0v) is 10.0. The molecular formula is C12H20N2O2. The maximum atomic E-state index is 11.7. The van der Waals surface area contributed by atoms with Crippen LogP contribution in [0, 0.1) is 6.92 Å². The molecule has 0 fully saturated rings. The molecule has 90 valence electrons. The molecule has 0 saturated heterocycles. The maximum absolute atomic E-state index is 11.7. The van der Waals surface area contributed by atoms with Crippen LogP contribution in [0.2, 0.25) is 0 Å². The van der Waals surface area contributed by atoms with Gasteiger partial charge < -0.3 is 15.1 Å². The van der Waals surface area contributed by atoms with Gasteiger partial charge in [-0.3, -0.25) is 4.79 Å². The molecule has 0 atom stereocenters. The highest BCUT2D eigenvalue weighted by atomic mass is 16.3. The number of carbonyl (C=O) groups excluding carboxylic acids is 1. The summed E-state index contributed by atoms with van der Waals surface area (Å²) >= 11 is 0. The number of amides is 1. The Morgan fingerprint density at radius 2 is 2.19 bits per heavy atom. The summed E-state index contributed by atoms with van der Waals surface area (Å²) in [6, 6.07) is 3.81. The van der Waals surface area contributed by atoms with Crippen LogP contribution in [0.15, 0.2) is 16.5 Å². The van der Waals surface area contributed by atoms with E-state index in [0.717, 1.165) is 24.4 Å². The van der Waals surface area contributed by atoms with Gasteiger partial charge in [0.25, 0.3) is 0 Å². The van der Waals surface area contributed by atoms with Gasteiger partial charge in [-0.05, 0) is 38.4 Å². The summed E-state index contributed by atoms with van der Waals surface area (Å²) in [4.78, 5) is 13.4. The van der Waals surface area contributed by atoms with Crippen LogP contribution >= 0.6 is 0 Å². The highest BCUT2D eigenvalue weighted by Gasteiger charge is 2.10. The number of nitrogens with zero attached hydrogens (tertiary/aromatic N) is 1. The molecule has 1 aromatic rings. The van der Waals surface area contributed by atoms with Crippen molar-refractivity contribution in [1.29, 1.82) is 0 Å². The van der Waals surface area contributed by atoms with Crippen LogP contribution in [0.3, 0.4) is 0 Å². The van der Waals surface area contributed by atoms with Crippen LogP contribution in [0.1, 0.15) is 30.8 Å². The first kappa shape index (κ1) is 12.8. The van der Waals surface area contributed by atoms with Crippen molar-refractivity contribution in [1.82, 2.24) is 4.90 Å². The van der Waals surface area contributed by atoms with E-state index in [1.54, 1.807) is 11.9 Å². The lowest BCUT2D eigenvalue weighted by Gasteiger charge is -2.15. The Balaban J connectivity index is 2.34. The van der Waals surface area contributed by atoms with Crippen LogP contribution in [0.4, 0.5) is 0 Å². The van der Waals surface area contributed by atoms with E-state index >= 15 is 0 Å². The van der Waals surface area contributed by atoms with Gasteiger partial charge >= 0.3 is 0 Å². The summed E-state index contributed by atoms with van der Waals surface area (Å²) in [7, 11) is 1.79. The molecule has 1 aromatic heterocycles. The van der Waals surface area contributed by atoms with Crippen LogP contribution < -0.4 is 5.73 Å². The maximum Gasteiger partial charge on any atom is 0.222 e. The summed E-state index contributed by atoms with van der Waals surface area (Å²) in [5, 5.41) is 0. The molecule has 0 spiro atoms. The molecule has 1 heterocycles. The summed E-state index contributed by atoms with van der Waals surface area (Å²) in [6.45, 7) is 3.08. The van der Waals surface area contributed by atoms with Crippen LogP contribution in [0.5, 0.6) is 0 Å². The van der Waals surface area contributed by atoms with Gasteiger partial charge in [-0.1, -0.05) is 0 Å². The van der Waals surface area contributed by atoms with Crippen molar-refractivity contribution in [3.8, 4) is 0 Å². The summed E-state index contributed by atoms with van der Waals surface area (Å²) in [5.41, 5.74) is 5.38. The smallest absolute Gasteiger partial charge is 0.222 e. The van der Waals surface area contributed by atoms with Crippen molar-refractivity contribution in [2.75, 3.05) is 13.6 Å². The Bertz CT molecular complexity index is 334. The highest BCUT2D eigenvalue weighted by Crippen LogP contribution is 2.09. The molecule has 0 aliphatic rings. The van der Waals surface area contributed by atoms with Crippen LogP contribution in [-0.4, -0.2) is 24.4 Å². The van der Waals surface area contributed by atoms with Gasteiger partial charge in [0, 0.05) is 13.5 Å². The fourth-order valence-electron chi connectivity index (χ4n) is 1.50. The number of nitrogens with two attached hydrogens (primary N) is 1. The molecule has 4 nitrogen and oxygen atoms in total. The highest BCUT2D eigenvalue weighted by molar-refractivity contribution is 5.75. The predicted molar refractivity (Wildman–Crippen MR) is 62.8 cm³/mol. The van der Waals surface area contributed by atoms with Crippen LogP contribution in [0.25, 0.3) is 0 Å². The second-order valence-electron chi connectivity index (χ2n) is 4.01. The van der Waals surface area contributed by atoms with E-state index in [9.17, 15) is 4.79 Å². The molecule has 0 aliphatic heterocycles. The van der Waals surface area contributed by atoms with Crippen LogP contribution in [-0.2, 0) is 11.3 Å². The van der Waals surface area contributed by atoms with Gasteiger partial charge in [-0.2, -0.15) is 0 Å². The SMILES string of the molecule is Cc1ccc(CN(C)C(=O)CCCCN)o1. The molecule has 2 N–H and O–H groups in total. The Hall–Kier alpha value is -1.29. The largest absolute Gasteiger partial charge is 0.464 e. The molecule has 1 amide bonds. The number of hydrogen-bond acceptors (Lipinski definition) is 3. The molecular weight excluding hydrogens is 204 g/mol. The molecule has 0 bridgehead atoms. The predicted octanol–water partition coefficient (Wildman–Crippen LogP) is 1.68. The van der Waals surface area contributed by atoms with Crippen molar-refractivity contribution >= 4 is 5.91 Å². The van der Waals surface area contributed by atoms with Gasteiger partial charge in [0.1, 0.15) is 11.5 Å². The average Bonchev–Trinajstić information content (AvgIpc) is 2.64. The minimum atomic E-state index is 0.141. The molecule has 0 aliphatic carbocycles. The summed E-state index contributed by atoms with van der Waals surface area (Å²) < 4.78 is 5.42. The first-order chi connectivity index (χ1) is 7.63. The van der Waals surface area contributed by atoms with E-state index in [2.05, 4.69) is 0 Å². The van der Waals surface area contributed by atoms with Crippen molar-refractivity contribution in [3.63, 3.8) is 0 Å². The van der Waals surface area contributed by atoms with Crippen molar-refractivity contribution in [2.24, 2.45) is 5.73 Å². The Morgan fingerprint density at radius 3 is 2.75 bits per heavy atom. The molecule has 0 aromatic carbocycles. The number of hydrogen-bond donors (Lipinski definition) is 1. The van der Waals surface area contributed by atoms with Gasteiger partial charge in [-0.15, -0.1) is 0 Å². The standard InChI is InChI=1S/C12H20N2O2/c1-10-6-7-11(16-10)9-14(2)12(15)5-3-4-8-13/h6-7H,3-5,8-9,13H2,1-2H3. The number of carbonyl (C=O) groups is 1. The number of unbranched alkanes of at least 4 members (excludes halogenated alkanes) is 1. The van der Waals surface area contributed by atoms with E-state index in [-0.39, 0.29) is 5.91 Å².